The van der Waals surface area contributed by atoms with Crippen molar-refractivity contribution >= 4 is 33.4 Å². The Balaban J connectivity index is 2.45. The summed E-state index contributed by atoms with van der Waals surface area (Å²) in [7, 11) is 5.12. The molecule has 0 saturated carbocycles. The number of halogens is 1. The van der Waals surface area contributed by atoms with Gasteiger partial charge in [0.1, 0.15) is 0 Å². The Morgan fingerprint density at radius 1 is 1.21 bits per heavy atom. The monoisotopic (exact) mass is 327 g/mol. The molecule has 0 bridgehead atoms. The van der Waals surface area contributed by atoms with E-state index in [0.717, 1.165) is 10.2 Å². The van der Waals surface area contributed by atoms with Gasteiger partial charge in [-0.05, 0) is 25.2 Å². The average Bonchev–Trinajstić information content (AvgIpc) is 2.27. The Morgan fingerprint density at radius 3 is 2.47 bits per heavy atom. The Labute approximate surface area is 121 Å². The van der Waals surface area contributed by atoms with Gasteiger partial charge in [0, 0.05) is 24.3 Å². The first kappa shape index (κ1) is 15.7. The fourth-order valence-corrected chi connectivity index (χ4v) is 1.84. The highest BCUT2D eigenvalue weighted by molar-refractivity contribution is 9.10. The minimum absolute atomic E-state index is 0.0299. The largest absolute Gasteiger partial charge is 0.348 e. The Morgan fingerprint density at radius 2 is 1.89 bits per heavy atom. The zero-order valence-electron chi connectivity index (χ0n) is 11.3. The maximum Gasteiger partial charge on any atom is 0.238 e. The van der Waals surface area contributed by atoms with Crippen molar-refractivity contribution < 1.29 is 9.59 Å². The van der Waals surface area contributed by atoms with Gasteiger partial charge in [-0.1, -0.05) is 22.0 Å². The van der Waals surface area contributed by atoms with E-state index < -0.39 is 0 Å². The molecule has 0 aromatic heterocycles. The molecule has 0 fully saturated rings. The molecule has 1 aromatic rings. The predicted molar refractivity (Wildman–Crippen MR) is 79.0 cm³/mol. The minimum Gasteiger partial charge on any atom is -0.348 e. The van der Waals surface area contributed by atoms with Crippen LogP contribution >= 0.6 is 15.9 Å². The molecule has 104 valence electrons. The van der Waals surface area contributed by atoms with Gasteiger partial charge in [0.2, 0.25) is 11.8 Å². The number of carbonyl (C=O) groups is 2. The van der Waals surface area contributed by atoms with Crippen LogP contribution in [0.5, 0.6) is 0 Å². The number of nitrogens with one attached hydrogen (secondary N) is 1. The minimum atomic E-state index is -0.146. The van der Waals surface area contributed by atoms with Crippen molar-refractivity contribution in [2.45, 2.75) is 0 Å². The van der Waals surface area contributed by atoms with Crippen LogP contribution in [0.2, 0.25) is 0 Å². The van der Waals surface area contributed by atoms with Crippen molar-refractivity contribution in [2.24, 2.45) is 0 Å². The molecule has 0 aliphatic heterocycles. The third-order valence-corrected chi connectivity index (χ3v) is 2.92. The number of carbonyl (C=O) groups excluding carboxylic acids is 2. The van der Waals surface area contributed by atoms with Gasteiger partial charge in [-0.25, -0.2) is 0 Å². The van der Waals surface area contributed by atoms with Crippen LogP contribution in [0.25, 0.3) is 0 Å². The van der Waals surface area contributed by atoms with Crippen LogP contribution in [0, 0.1) is 0 Å². The summed E-state index contributed by atoms with van der Waals surface area (Å²) in [4.78, 5) is 26.5. The SMILES string of the molecule is CN(CC(=O)Nc1cccc(Br)c1)CC(=O)N(C)C. The smallest absolute Gasteiger partial charge is 0.238 e. The molecule has 19 heavy (non-hydrogen) atoms. The van der Waals surface area contributed by atoms with Gasteiger partial charge in [-0.15, -0.1) is 0 Å². The number of benzene rings is 1. The molecule has 0 atom stereocenters. The summed E-state index contributed by atoms with van der Waals surface area (Å²) in [6.07, 6.45) is 0. The first-order chi connectivity index (χ1) is 8.88. The van der Waals surface area contributed by atoms with Gasteiger partial charge < -0.3 is 10.2 Å². The van der Waals surface area contributed by atoms with Crippen molar-refractivity contribution in [3.05, 3.63) is 28.7 Å². The molecule has 0 heterocycles. The van der Waals surface area contributed by atoms with Crippen molar-refractivity contribution in [1.82, 2.24) is 9.80 Å². The standard InChI is InChI=1S/C13H18BrN3O2/c1-16(2)13(19)9-17(3)8-12(18)15-11-6-4-5-10(14)7-11/h4-7H,8-9H2,1-3H3,(H,15,18). The summed E-state index contributed by atoms with van der Waals surface area (Å²) in [6, 6.07) is 7.37. The highest BCUT2D eigenvalue weighted by Crippen LogP contribution is 2.15. The quantitative estimate of drug-likeness (QED) is 0.889. The van der Waals surface area contributed by atoms with Crippen LogP contribution in [-0.2, 0) is 9.59 Å². The lowest BCUT2D eigenvalue weighted by molar-refractivity contribution is -0.130. The summed E-state index contributed by atoms with van der Waals surface area (Å²) in [5.74, 6) is -0.176. The van der Waals surface area contributed by atoms with Gasteiger partial charge in [0.05, 0.1) is 13.1 Å². The van der Waals surface area contributed by atoms with E-state index in [9.17, 15) is 9.59 Å². The lowest BCUT2D eigenvalue weighted by atomic mass is 10.3. The lowest BCUT2D eigenvalue weighted by Gasteiger charge is -2.18. The maximum atomic E-state index is 11.8. The number of likely N-dealkylation sites (N-methyl/N-ethyl adjacent to an activating group) is 2. The third-order valence-electron chi connectivity index (χ3n) is 2.43. The summed E-state index contributed by atoms with van der Waals surface area (Å²) in [5, 5.41) is 2.78. The van der Waals surface area contributed by atoms with Crippen molar-refractivity contribution in [2.75, 3.05) is 39.5 Å². The number of anilines is 1. The van der Waals surface area contributed by atoms with E-state index in [1.165, 1.54) is 4.90 Å². The highest BCUT2D eigenvalue weighted by atomic mass is 79.9. The van der Waals surface area contributed by atoms with Crippen LogP contribution < -0.4 is 5.32 Å². The van der Waals surface area contributed by atoms with Gasteiger partial charge in [0.25, 0.3) is 0 Å². The number of hydrogen-bond acceptors (Lipinski definition) is 3. The molecule has 6 heteroatoms. The normalized spacial score (nSPS) is 10.4. The Bertz CT molecular complexity index is 463. The first-order valence-electron chi connectivity index (χ1n) is 5.82. The maximum absolute atomic E-state index is 11.8. The van der Waals surface area contributed by atoms with Crippen LogP contribution in [0.3, 0.4) is 0 Å². The molecule has 0 unspecified atom stereocenters. The highest BCUT2D eigenvalue weighted by Gasteiger charge is 2.12. The van der Waals surface area contributed by atoms with Crippen molar-refractivity contribution in [1.29, 1.82) is 0 Å². The zero-order valence-corrected chi connectivity index (χ0v) is 12.9. The lowest BCUT2D eigenvalue weighted by Crippen LogP contribution is -2.38. The van der Waals surface area contributed by atoms with Crippen LogP contribution in [0.4, 0.5) is 5.69 Å². The number of nitrogens with zero attached hydrogens (tertiary/aromatic N) is 2. The Hall–Kier alpha value is -1.40. The van der Waals surface area contributed by atoms with Gasteiger partial charge in [-0.2, -0.15) is 0 Å². The van der Waals surface area contributed by atoms with E-state index in [2.05, 4.69) is 21.2 Å². The van der Waals surface area contributed by atoms with Crippen molar-refractivity contribution in [3.63, 3.8) is 0 Å². The van der Waals surface area contributed by atoms with Crippen LogP contribution in [0.1, 0.15) is 0 Å². The fraction of sp³-hybridized carbons (Fsp3) is 0.385. The Kier molecular flexibility index (Phi) is 5.98. The molecular formula is C13H18BrN3O2. The molecule has 5 nitrogen and oxygen atoms in total. The van der Waals surface area contributed by atoms with Crippen LogP contribution in [0.15, 0.2) is 28.7 Å². The molecule has 0 aliphatic carbocycles. The molecule has 1 rings (SSSR count). The second-order valence-electron chi connectivity index (χ2n) is 4.52. The average molecular weight is 328 g/mol. The van der Waals surface area contributed by atoms with Gasteiger partial charge in [0.15, 0.2) is 0 Å². The van der Waals surface area contributed by atoms with Crippen LogP contribution in [-0.4, -0.2) is 55.8 Å². The van der Waals surface area contributed by atoms with Crippen molar-refractivity contribution in [3.8, 4) is 0 Å². The molecule has 0 spiro atoms. The zero-order chi connectivity index (χ0) is 14.4. The topological polar surface area (TPSA) is 52.7 Å². The number of rotatable bonds is 5. The summed E-state index contributed by atoms with van der Waals surface area (Å²) >= 11 is 3.34. The van der Waals surface area contributed by atoms with E-state index in [1.807, 2.05) is 24.3 Å². The first-order valence-corrected chi connectivity index (χ1v) is 6.62. The summed E-state index contributed by atoms with van der Waals surface area (Å²) in [5.41, 5.74) is 0.728. The number of amides is 2. The summed E-state index contributed by atoms with van der Waals surface area (Å²) in [6.45, 7) is 0.394. The predicted octanol–water partition coefficient (Wildman–Crippen LogP) is 1.41. The van der Waals surface area contributed by atoms with E-state index in [4.69, 9.17) is 0 Å². The second-order valence-corrected chi connectivity index (χ2v) is 5.43. The van der Waals surface area contributed by atoms with E-state index >= 15 is 0 Å². The molecule has 1 aromatic carbocycles. The van der Waals surface area contributed by atoms with E-state index in [0.29, 0.717) is 0 Å². The fourth-order valence-electron chi connectivity index (χ4n) is 1.44. The molecular weight excluding hydrogens is 310 g/mol. The molecule has 2 amide bonds. The van der Waals surface area contributed by atoms with Gasteiger partial charge in [-0.3, -0.25) is 14.5 Å². The third kappa shape index (κ3) is 5.85. The molecule has 0 saturated heterocycles. The second kappa shape index (κ2) is 7.25. The number of hydrogen-bond donors (Lipinski definition) is 1. The molecule has 1 N–H and O–H groups in total. The van der Waals surface area contributed by atoms with E-state index in [-0.39, 0.29) is 24.9 Å². The van der Waals surface area contributed by atoms with Gasteiger partial charge >= 0.3 is 0 Å². The molecule has 0 radical (unpaired) electrons. The molecule has 0 aliphatic rings. The summed E-state index contributed by atoms with van der Waals surface area (Å²) < 4.78 is 0.904. The van der Waals surface area contributed by atoms with E-state index in [1.54, 1.807) is 26.0 Å².